The van der Waals surface area contributed by atoms with E-state index in [1.807, 2.05) is 0 Å². The van der Waals surface area contributed by atoms with Crippen LogP contribution < -0.4 is 5.56 Å². The third-order valence-electron chi connectivity index (χ3n) is 2.77. The maximum atomic E-state index is 11.1. The number of aliphatic hydroxyl groups excluding tert-OH is 1. The standard InChI is InChI=1S/C9H13N2O7PS/c12-5-3-8(11-2-1-7(13)10-9(11)20)18-6(5)4-17-19(14,15)16/h1-2,5-6,8,12H,3-4H2,(H,10,13,20)(H2,14,15,16)/t5-,6+,8+/m0/s1. The Balaban J connectivity index is 2.08. The van der Waals surface area contributed by atoms with E-state index in [0.29, 0.717) is 0 Å². The molecule has 0 aliphatic carbocycles. The summed E-state index contributed by atoms with van der Waals surface area (Å²) in [7, 11) is -4.62. The number of rotatable bonds is 4. The van der Waals surface area contributed by atoms with Gasteiger partial charge in [0.25, 0.3) is 5.56 Å². The first-order valence-electron chi connectivity index (χ1n) is 5.61. The molecule has 20 heavy (non-hydrogen) atoms. The molecule has 1 aromatic rings. The summed E-state index contributed by atoms with van der Waals surface area (Å²) in [5, 5.41) is 9.79. The van der Waals surface area contributed by atoms with E-state index in [4.69, 9.17) is 26.7 Å². The van der Waals surface area contributed by atoms with Gasteiger partial charge in [-0.2, -0.15) is 0 Å². The molecule has 2 heterocycles. The third kappa shape index (κ3) is 3.83. The van der Waals surface area contributed by atoms with E-state index in [1.54, 1.807) is 0 Å². The van der Waals surface area contributed by atoms with Crippen LogP contribution in [0.3, 0.4) is 0 Å². The molecule has 1 aliphatic rings. The maximum absolute atomic E-state index is 11.1. The van der Waals surface area contributed by atoms with Crippen molar-refractivity contribution in [2.75, 3.05) is 6.61 Å². The van der Waals surface area contributed by atoms with Crippen LogP contribution in [0.2, 0.25) is 0 Å². The Bertz CT molecular complexity index is 638. The molecule has 1 saturated heterocycles. The number of aromatic nitrogens is 2. The number of phosphoric ester groups is 1. The summed E-state index contributed by atoms with van der Waals surface area (Å²) >= 11 is 4.97. The molecule has 1 aromatic heterocycles. The second-order valence-corrected chi connectivity index (χ2v) is 5.86. The largest absolute Gasteiger partial charge is 0.469 e. The quantitative estimate of drug-likeness (QED) is 0.437. The van der Waals surface area contributed by atoms with Crippen LogP contribution in [0, 0.1) is 4.77 Å². The molecule has 0 amide bonds. The van der Waals surface area contributed by atoms with Gasteiger partial charge < -0.3 is 19.6 Å². The van der Waals surface area contributed by atoms with E-state index < -0.39 is 32.9 Å². The summed E-state index contributed by atoms with van der Waals surface area (Å²) in [4.78, 5) is 30.7. The lowest BCUT2D eigenvalue weighted by molar-refractivity contribution is -0.0444. The topological polar surface area (TPSA) is 134 Å². The van der Waals surface area contributed by atoms with Crippen molar-refractivity contribution in [2.24, 2.45) is 0 Å². The number of nitrogens with one attached hydrogen (secondary N) is 1. The maximum Gasteiger partial charge on any atom is 0.469 e. The van der Waals surface area contributed by atoms with Crippen molar-refractivity contribution < 1.29 is 28.7 Å². The molecule has 9 nitrogen and oxygen atoms in total. The highest BCUT2D eigenvalue weighted by Crippen LogP contribution is 2.38. The van der Waals surface area contributed by atoms with Crippen molar-refractivity contribution in [1.29, 1.82) is 0 Å². The minimum atomic E-state index is -4.62. The zero-order chi connectivity index (χ0) is 14.9. The zero-order valence-electron chi connectivity index (χ0n) is 10.1. The molecule has 11 heteroatoms. The van der Waals surface area contributed by atoms with Gasteiger partial charge in [0.15, 0.2) is 4.77 Å². The fraction of sp³-hybridized carbons (Fsp3) is 0.556. The van der Waals surface area contributed by atoms with Crippen molar-refractivity contribution >= 4 is 20.0 Å². The molecule has 0 spiro atoms. The van der Waals surface area contributed by atoms with Crippen LogP contribution in [0.5, 0.6) is 0 Å². The summed E-state index contributed by atoms with van der Waals surface area (Å²) in [6.45, 7) is -0.446. The van der Waals surface area contributed by atoms with Gasteiger partial charge in [0.05, 0.1) is 12.7 Å². The van der Waals surface area contributed by atoms with Gasteiger partial charge in [-0.25, -0.2) is 4.57 Å². The predicted octanol–water partition coefficient (Wildman–Crippen LogP) is -0.336. The van der Waals surface area contributed by atoms with E-state index in [0.717, 1.165) is 0 Å². The van der Waals surface area contributed by atoms with Gasteiger partial charge in [0.2, 0.25) is 0 Å². The lowest BCUT2D eigenvalue weighted by Crippen LogP contribution is -2.26. The van der Waals surface area contributed by atoms with Gasteiger partial charge >= 0.3 is 7.82 Å². The highest BCUT2D eigenvalue weighted by molar-refractivity contribution is 7.71. The van der Waals surface area contributed by atoms with Gasteiger partial charge in [-0.1, -0.05) is 0 Å². The summed E-state index contributed by atoms with van der Waals surface area (Å²) in [5.74, 6) is 0. The molecule has 112 valence electrons. The van der Waals surface area contributed by atoms with Gasteiger partial charge in [0, 0.05) is 18.7 Å². The van der Waals surface area contributed by atoms with Crippen LogP contribution in [0.1, 0.15) is 12.6 Å². The number of aromatic amines is 1. The van der Waals surface area contributed by atoms with E-state index in [2.05, 4.69) is 9.51 Å². The Hall–Kier alpha value is -0.870. The Morgan fingerprint density at radius 3 is 2.90 bits per heavy atom. The Morgan fingerprint density at radius 1 is 1.60 bits per heavy atom. The number of nitrogens with zero attached hydrogens (tertiary/aromatic N) is 1. The number of aliphatic hydroxyl groups is 1. The monoisotopic (exact) mass is 324 g/mol. The second kappa shape index (κ2) is 5.86. The average Bonchev–Trinajstić information content (AvgIpc) is 2.67. The Kier molecular flexibility index (Phi) is 4.55. The van der Waals surface area contributed by atoms with Crippen LogP contribution in [0.15, 0.2) is 17.1 Å². The normalized spacial score (nSPS) is 26.9. The second-order valence-electron chi connectivity index (χ2n) is 4.24. The third-order valence-corrected chi connectivity index (χ3v) is 3.57. The zero-order valence-corrected chi connectivity index (χ0v) is 11.8. The molecule has 3 atom stereocenters. The number of hydrogen-bond acceptors (Lipinski definition) is 6. The summed E-state index contributed by atoms with van der Waals surface area (Å²) in [6, 6.07) is 1.25. The van der Waals surface area contributed by atoms with Crippen LogP contribution in [0.25, 0.3) is 0 Å². The summed E-state index contributed by atoms with van der Waals surface area (Å²) < 4.78 is 21.9. The highest BCUT2D eigenvalue weighted by Gasteiger charge is 2.36. The Labute approximate surface area is 118 Å². The van der Waals surface area contributed by atoms with E-state index in [-0.39, 0.29) is 16.8 Å². The van der Waals surface area contributed by atoms with Crippen molar-refractivity contribution in [1.82, 2.24) is 9.55 Å². The van der Waals surface area contributed by atoms with Crippen LogP contribution in [-0.2, 0) is 13.8 Å². The minimum Gasteiger partial charge on any atom is -0.390 e. The molecule has 0 radical (unpaired) electrons. The fourth-order valence-corrected chi connectivity index (χ4v) is 2.48. The highest BCUT2D eigenvalue weighted by atomic mass is 32.1. The average molecular weight is 324 g/mol. The molecule has 0 saturated carbocycles. The fourth-order valence-electron chi connectivity index (χ4n) is 1.86. The van der Waals surface area contributed by atoms with Crippen LogP contribution >= 0.6 is 20.0 Å². The van der Waals surface area contributed by atoms with Gasteiger partial charge in [-0.05, 0) is 12.2 Å². The first kappa shape index (κ1) is 15.5. The van der Waals surface area contributed by atoms with Gasteiger partial charge in [-0.15, -0.1) is 0 Å². The number of phosphoric acid groups is 1. The van der Waals surface area contributed by atoms with Gasteiger partial charge in [0.1, 0.15) is 12.3 Å². The lowest BCUT2D eigenvalue weighted by atomic mass is 10.2. The van der Waals surface area contributed by atoms with E-state index in [9.17, 15) is 14.5 Å². The van der Waals surface area contributed by atoms with Crippen molar-refractivity contribution in [3.8, 4) is 0 Å². The lowest BCUT2D eigenvalue weighted by Gasteiger charge is -2.16. The molecule has 1 fully saturated rings. The van der Waals surface area contributed by atoms with Crippen molar-refractivity contribution in [3.05, 3.63) is 27.4 Å². The number of ether oxygens (including phenoxy) is 1. The van der Waals surface area contributed by atoms with E-state index in [1.165, 1.54) is 16.8 Å². The molecule has 1 aliphatic heterocycles. The van der Waals surface area contributed by atoms with Crippen LogP contribution in [0.4, 0.5) is 0 Å². The van der Waals surface area contributed by atoms with Crippen molar-refractivity contribution in [3.63, 3.8) is 0 Å². The molecular weight excluding hydrogens is 311 g/mol. The first-order valence-corrected chi connectivity index (χ1v) is 7.55. The Morgan fingerprint density at radius 2 is 2.30 bits per heavy atom. The minimum absolute atomic E-state index is 0.131. The summed E-state index contributed by atoms with van der Waals surface area (Å²) in [6.07, 6.45) is -0.901. The SMILES string of the molecule is O=c1ccn([C@H]2C[C@H](O)[C@@H](COP(=O)(O)O)O2)c(=S)[nH]1. The number of H-pyrrole nitrogens is 1. The van der Waals surface area contributed by atoms with Crippen LogP contribution in [-0.4, -0.2) is 43.3 Å². The summed E-state index contributed by atoms with van der Waals surface area (Å²) in [5.41, 5.74) is -0.355. The predicted molar refractivity (Wildman–Crippen MR) is 68.4 cm³/mol. The van der Waals surface area contributed by atoms with Crippen molar-refractivity contribution in [2.45, 2.75) is 24.9 Å². The smallest absolute Gasteiger partial charge is 0.390 e. The molecule has 0 aromatic carbocycles. The van der Waals surface area contributed by atoms with Gasteiger partial charge in [-0.3, -0.25) is 18.9 Å². The first-order chi connectivity index (χ1) is 9.26. The molecular formula is C9H13N2O7PS. The molecule has 0 bridgehead atoms. The molecule has 2 rings (SSSR count). The molecule has 4 N–H and O–H groups in total. The number of hydrogen-bond donors (Lipinski definition) is 4. The van der Waals surface area contributed by atoms with E-state index >= 15 is 0 Å². The molecule has 0 unspecified atom stereocenters.